The number of rotatable bonds is 7. The van der Waals surface area contributed by atoms with Crippen molar-refractivity contribution in [3.05, 3.63) is 0 Å². The first-order valence-electron chi connectivity index (χ1n) is 6.04. The fourth-order valence-corrected chi connectivity index (χ4v) is 4.32. The summed E-state index contributed by atoms with van der Waals surface area (Å²) in [5, 5.41) is 28.3. The molecule has 3 aliphatic heterocycles. The van der Waals surface area contributed by atoms with Gasteiger partial charge in [-0.15, -0.1) is 0 Å². The molecule has 3 fully saturated rings. The average Bonchev–Trinajstić information content (AvgIpc) is 2.78. The third-order valence-electron chi connectivity index (χ3n) is 3.64. The fourth-order valence-electron chi connectivity index (χ4n) is 2.37. The molecule has 3 rings (SSSR count). The van der Waals surface area contributed by atoms with E-state index >= 15 is 0 Å². The van der Waals surface area contributed by atoms with Crippen molar-refractivity contribution in [1.29, 1.82) is 0 Å². The highest BCUT2D eigenvalue weighted by Crippen LogP contribution is 2.78. The standard InChI is InChI=1S/C10H19O7P/c1-2-3-4-8-10(9(5-11,6-12)7-13)16-18(14,15-8)17-10/h8,11-13H,2-7H2,1H3. The lowest BCUT2D eigenvalue weighted by Crippen LogP contribution is -2.63. The molecule has 3 heterocycles. The van der Waals surface area contributed by atoms with E-state index in [1.807, 2.05) is 6.92 Å². The number of fused-ring (bicyclic) bond motifs is 1. The summed E-state index contributed by atoms with van der Waals surface area (Å²) in [7, 11) is -3.53. The maximum absolute atomic E-state index is 11.7. The van der Waals surface area contributed by atoms with Gasteiger partial charge in [0.2, 0.25) is 5.79 Å². The Kier molecular flexibility index (Phi) is 3.86. The van der Waals surface area contributed by atoms with Crippen LogP contribution in [0.5, 0.6) is 0 Å². The van der Waals surface area contributed by atoms with E-state index in [-0.39, 0.29) is 0 Å². The molecule has 8 heteroatoms. The predicted molar refractivity (Wildman–Crippen MR) is 60.6 cm³/mol. The number of hydrogen-bond donors (Lipinski definition) is 3. The normalized spacial score (nSPS) is 38.8. The summed E-state index contributed by atoms with van der Waals surface area (Å²) in [5.41, 5.74) is -1.42. The van der Waals surface area contributed by atoms with Crippen molar-refractivity contribution in [2.24, 2.45) is 5.41 Å². The fraction of sp³-hybridized carbons (Fsp3) is 1.00. The van der Waals surface area contributed by atoms with Crippen LogP contribution in [-0.2, 0) is 18.1 Å². The zero-order valence-electron chi connectivity index (χ0n) is 10.2. The van der Waals surface area contributed by atoms with Crippen molar-refractivity contribution in [2.75, 3.05) is 19.8 Å². The van der Waals surface area contributed by atoms with E-state index in [1.165, 1.54) is 0 Å². The zero-order chi connectivity index (χ0) is 13.4. The van der Waals surface area contributed by atoms with Gasteiger partial charge in [0.05, 0.1) is 25.2 Å². The molecule has 106 valence electrons. The summed E-state index contributed by atoms with van der Waals surface area (Å²) in [6.07, 6.45) is 1.60. The van der Waals surface area contributed by atoms with E-state index in [9.17, 15) is 19.9 Å². The summed E-state index contributed by atoms with van der Waals surface area (Å²) in [6.45, 7) is 0.344. The Bertz CT molecular complexity index is 336. The molecule has 0 radical (unpaired) electrons. The first-order valence-corrected chi connectivity index (χ1v) is 7.50. The van der Waals surface area contributed by atoms with Crippen LogP contribution in [-0.4, -0.2) is 47.0 Å². The third-order valence-corrected chi connectivity index (χ3v) is 5.14. The Hall–Kier alpha value is -0.0100. The largest absolute Gasteiger partial charge is 0.480 e. The third kappa shape index (κ3) is 1.78. The van der Waals surface area contributed by atoms with Gasteiger partial charge in [0.25, 0.3) is 0 Å². The summed E-state index contributed by atoms with van der Waals surface area (Å²) in [5.74, 6) is -1.50. The molecular formula is C10H19O7P. The number of phosphoric ester groups is 1. The molecule has 0 saturated carbocycles. The molecule has 3 N–H and O–H groups in total. The van der Waals surface area contributed by atoms with Crippen LogP contribution in [0.2, 0.25) is 0 Å². The molecule has 2 bridgehead atoms. The number of phosphoric acid groups is 1. The van der Waals surface area contributed by atoms with Crippen LogP contribution >= 0.6 is 7.82 Å². The van der Waals surface area contributed by atoms with Gasteiger partial charge in [-0.25, -0.2) is 13.6 Å². The lowest BCUT2D eigenvalue weighted by molar-refractivity contribution is -0.286. The van der Waals surface area contributed by atoms with Crippen molar-refractivity contribution in [3.8, 4) is 0 Å². The summed E-state index contributed by atoms with van der Waals surface area (Å²) in [6, 6.07) is 0. The van der Waals surface area contributed by atoms with E-state index in [2.05, 4.69) is 0 Å². The predicted octanol–water partition coefficient (Wildman–Crippen LogP) is 0.390. The minimum Gasteiger partial charge on any atom is -0.395 e. The van der Waals surface area contributed by atoms with E-state index < -0.39 is 44.9 Å². The van der Waals surface area contributed by atoms with E-state index in [4.69, 9.17) is 13.6 Å². The van der Waals surface area contributed by atoms with Gasteiger partial charge in [-0.05, 0) is 6.42 Å². The quantitative estimate of drug-likeness (QED) is 0.580. The second kappa shape index (κ2) is 4.83. The average molecular weight is 282 g/mol. The minimum absolute atomic E-state index is 0.530. The number of aliphatic hydroxyl groups excluding tert-OH is 3. The molecule has 1 atom stereocenters. The van der Waals surface area contributed by atoms with Crippen LogP contribution in [0.25, 0.3) is 0 Å². The maximum atomic E-state index is 11.7. The molecule has 0 aliphatic carbocycles. The van der Waals surface area contributed by atoms with Crippen LogP contribution in [0.15, 0.2) is 0 Å². The molecule has 0 aromatic carbocycles. The summed E-state index contributed by atoms with van der Waals surface area (Å²) >= 11 is 0. The van der Waals surface area contributed by atoms with E-state index in [1.54, 1.807) is 0 Å². The Morgan fingerprint density at radius 3 is 2.22 bits per heavy atom. The molecule has 0 aromatic rings. The Labute approximate surface area is 105 Å². The van der Waals surface area contributed by atoms with Crippen molar-refractivity contribution < 1.29 is 33.5 Å². The van der Waals surface area contributed by atoms with Gasteiger partial charge >= 0.3 is 7.82 Å². The lowest BCUT2D eigenvalue weighted by Gasteiger charge is -2.48. The number of unbranched alkanes of at least 4 members (excludes halogenated alkanes) is 1. The van der Waals surface area contributed by atoms with Crippen LogP contribution in [0.1, 0.15) is 26.2 Å². The maximum Gasteiger partial charge on any atom is 0.480 e. The van der Waals surface area contributed by atoms with E-state index in [0.29, 0.717) is 6.42 Å². The highest BCUT2D eigenvalue weighted by atomic mass is 31.2. The van der Waals surface area contributed by atoms with Crippen LogP contribution in [0, 0.1) is 5.41 Å². The first-order chi connectivity index (χ1) is 8.51. The summed E-state index contributed by atoms with van der Waals surface area (Å²) in [4.78, 5) is 0. The molecule has 3 aliphatic rings. The smallest absolute Gasteiger partial charge is 0.395 e. The monoisotopic (exact) mass is 282 g/mol. The molecule has 0 aromatic heterocycles. The van der Waals surface area contributed by atoms with Gasteiger partial charge < -0.3 is 15.3 Å². The molecular weight excluding hydrogens is 263 g/mol. The minimum atomic E-state index is -3.53. The number of hydrogen-bond acceptors (Lipinski definition) is 7. The van der Waals surface area contributed by atoms with Gasteiger partial charge in [-0.2, -0.15) is 0 Å². The molecule has 0 spiro atoms. The van der Waals surface area contributed by atoms with Crippen molar-refractivity contribution >= 4 is 7.82 Å². The van der Waals surface area contributed by atoms with Crippen molar-refractivity contribution in [1.82, 2.24) is 0 Å². The highest BCUT2D eigenvalue weighted by molar-refractivity contribution is 7.50. The molecule has 0 amide bonds. The zero-order valence-corrected chi connectivity index (χ0v) is 11.1. The van der Waals surface area contributed by atoms with E-state index in [0.717, 1.165) is 12.8 Å². The SMILES string of the molecule is CCCCC1OP2(=O)OC1(C(CO)(CO)CO)O2. The first kappa shape index (κ1) is 14.4. The van der Waals surface area contributed by atoms with Gasteiger partial charge in [-0.1, -0.05) is 19.8 Å². The lowest BCUT2D eigenvalue weighted by atomic mass is 9.77. The van der Waals surface area contributed by atoms with Gasteiger partial charge in [0, 0.05) is 0 Å². The Balaban J connectivity index is 2.25. The topological polar surface area (TPSA) is 105 Å². The Morgan fingerprint density at radius 1 is 1.22 bits per heavy atom. The second-order valence-corrected chi connectivity index (χ2v) is 6.26. The van der Waals surface area contributed by atoms with Crippen LogP contribution < -0.4 is 0 Å². The summed E-state index contributed by atoms with van der Waals surface area (Å²) < 4.78 is 27.4. The van der Waals surface area contributed by atoms with Crippen LogP contribution in [0.3, 0.4) is 0 Å². The molecule has 18 heavy (non-hydrogen) atoms. The highest BCUT2D eigenvalue weighted by Gasteiger charge is 2.78. The molecule has 3 saturated heterocycles. The second-order valence-electron chi connectivity index (χ2n) is 4.79. The van der Waals surface area contributed by atoms with Crippen molar-refractivity contribution in [3.63, 3.8) is 0 Å². The van der Waals surface area contributed by atoms with Gasteiger partial charge in [0.15, 0.2) is 0 Å². The Morgan fingerprint density at radius 2 is 1.78 bits per heavy atom. The van der Waals surface area contributed by atoms with Crippen molar-refractivity contribution in [2.45, 2.75) is 38.1 Å². The molecule has 7 nitrogen and oxygen atoms in total. The van der Waals surface area contributed by atoms with Crippen LogP contribution in [0.4, 0.5) is 0 Å². The van der Waals surface area contributed by atoms with Gasteiger partial charge in [-0.3, -0.25) is 4.52 Å². The number of aliphatic hydroxyl groups is 3. The molecule has 1 unspecified atom stereocenters. The van der Waals surface area contributed by atoms with Gasteiger partial charge in [0.1, 0.15) is 6.10 Å².